The Bertz CT molecular complexity index is 1430. The fourth-order valence-corrected chi connectivity index (χ4v) is 5.30. The Hall–Kier alpha value is -3.96. The number of likely N-dealkylation sites (tertiary alicyclic amines) is 1. The highest BCUT2D eigenvalue weighted by atomic mass is 32.1. The van der Waals surface area contributed by atoms with Gasteiger partial charge in [0, 0.05) is 29.5 Å². The van der Waals surface area contributed by atoms with E-state index in [1.165, 1.54) is 7.11 Å². The molecule has 0 spiro atoms. The van der Waals surface area contributed by atoms with Gasteiger partial charge in [-0.2, -0.15) is 0 Å². The first-order valence-electron chi connectivity index (χ1n) is 14.1. The largest absolute Gasteiger partial charge is 0.497 e. The van der Waals surface area contributed by atoms with Gasteiger partial charge in [-0.1, -0.05) is 55.9 Å². The zero-order valence-corrected chi connectivity index (χ0v) is 26.5. The van der Waals surface area contributed by atoms with E-state index in [4.69, 9.17) is 36.1 Å². The van der Waals surface area contributed by atoms with Crippen molar-refractivity contribution in [3.05, 3.63) is 54.6 Å². The lowest BCUT2D eigenvalue weighted by Crippen LogP contribution is -2.51. The third kappa shape index (κ3) is 8.32. The molecule has 3 aromatic rings. The molecule has 3 atom stereocenters. The molecule has 2 heterocycles. The highest BCUT2D eigenvalue weighted by Crippen LogP contribution is 2.35. The molecule has 4 N–H and O–H groups in total. The molecule has 1 saturated heterocycles. The number of hydrogen-bond acceptors (Lipinski definition) is 9. The van der Waals surface area contributed by atoms with Crippen molar-refractivity contribution in [2.75, 3.05) is 20.8 Å². The van der Waals surface area contributed by atoms with Crippen molar-refractivity contribution in [3.63, 3.8) is 0 Å². The summed E-state index contributed by atoms with van der Waals surface area (Å²) in [6, 6.07) is 16.3. The van der Waals surface area contributed by atoms with Crippen LogP contribution in [-0.2, 0) is 14.3 Å². The summed E-state index contributed by atoms with van der Waals surface area (Å²) in [5, 5.41) is 3.96. The van der Waals surface area contributed by atoms with Crippen molar-refractivity contribution in [1.82, 2.24) is 21.4 Å². The number of methoxy groups -OCH3 is 2. The minimum Gasteiger partial charge on any atom is -0.497 e. The molecule has 0 bridgehead atoms. The number of thiocarbonyl (C=S) groups is 1. The van der Waals surface area contributed by atoms with Crippen molar-refractivity contribution in [3.8, 4) is 22.8 Å². The van der Waals surface area contributed by atoms with Gasteiger partial charge in [0.15, 0.2) is 0 Å². The summed E-state index contributed by atoms with van der Waals surface area (Å²) in [4.78, 5) is 32.6. The minimum absolute atomic E-state index is 0. The van der Waals surface area contributed by atoms with Gasteiger partial charge in [0.2, 0.25) is 0 Å². The number of hydrogen-bond donors (Lipinski definition) is 2. The average molecular weight is 611 g/mol. The number of benzene rings is 2. The quantitative estimate of drug-likeness (QED) is 0.217. The van der Waals surface area contributed by atoms with Crippen molar-refractivity contribution in [1.29, 1.82) is 0 Å². The number of fused-ring (bicyclic) bond motifs is 1. The molecule has 1 aliphatic rings. The van der Waals surface area contributed by atoms with Gasteiger partial charge in [0.25, 0.3) is 0 Å². The van der Waals surface area contributed by atoms with Crippen LogP contribution >= 0.6 is 12.2 Å². The Kier molecular flexibility index (Phi) is 11.3. The summed E-state index contributed by atoms with van der Waals surface area (Å²) in [5.74, 6) is 0.918. The van der Waals surface area contributed by atoms with E-state index in [0.29, 0.717) is 29.3 Å². The summed E-state index contributed by atoms with van der Waals surface area (Å²) < 4.78 is 22.8. The lowest BCUT2D eigenvalue weighted by Gasteiger charge is -2.30. The smallest absolute Gasteiger partial charge is 0.411 e. The van der Waals surface area contributed by atoms with E-state index in [2.05, 4.69) is 5.32 Å². The zero-order valence-electron chi connectivity index (χ0n) is 25.7. The van der Waals surface area contributed by atoms with Gasteiger partial charge in [-0.25, -0.2) is 14.6 Å². The second-order valence-electron chi connectivity index (χ2n) is 11.3. The van der Waals surface area contributed by atoms with E-state index >= 15 is 0 Å². The zero-order chi connectivity index (χ0) is 30.4. The van der Waals surface area contributed by atoms with Crippen LogP contribution in [-0.4, -0.2) is 71.5 Å². The highest BCUT2D eigenvalue weighted by Gasteiger charge is 2.42. The van der Waals surface area contributed by atoms with Crippen LogP contribution < -0.4 is 20.9 Å². The molecule has 232 valence electrons. The number of rotatable bonds is 9. The SMILES string of the molecule is CCCC(NC(=S)C1CC(Oc2cc(-c3ccccc3)nc3cc(OC)ccc23)CN1C(=O)OC(C)(C)C)C(=O)OC.N. The van der Waals surface area contributed by atoms with Crippen LogP contribution in [0.25, 0.3) is 22.2 Å². The Morgan fingerprint density at radius 2 is 1.84 bits per heavy atom. The fraction of sp³-hybridized carbons (Fsp3) is 0.438. The first kappa shape index (κ1) is 33.5. The maximum Gasteiger partial charge on any atom is 0.411 e. The number of carbonyl (C=O) groups is 2. The van der Waals surface area contributed by atoms with E-state index in [1.807, 2.05) is 82.3 Å². The van der Waals surface area contributed by atoms with E-state index in [1.54, 1.807) is 12.0 Å². The standard InChI is InChI=1S/C32H39N3O6S.H3N/c1-7-11-24(30(36)39-6)34-29(42)27-17-22(19-35(27)31(37)41-32(2,3)4)40-28-18-25(20-12-9-8-10-13-20)33-26-16-21(38-5)14-15-23(26)28;/h8-10,12-16,18,22,24,27H,7,11,17,19H2,1-6H3,(H,34,42);1H3. The van der Waals surface area contributed by atoms with Crippen molar-refractivity contribution >= 4 is 40.2 Å². The molecule has 0 radical (unpaired) electrons. The molecular weight excluding hydrogens is 568 g/mol. The van der Waals surface area contributed by atoms with Gasteiger partial charge in [-0.15, -0.1) is 0 Å². The van der Waals surface area contributed by atoms with E-state index in [0.717, 1.165) is 28.6 Å². The topological polar surface area (TPSA) is 134 Å². The molecule has 0 aliphatic carbocycles. The number of nitrogens with zero attached hydrogens (tertiary/aromatic N) is 2. The molecule has 11 heteroatoms. The van der Waals surface area contributed by atoms with Gasteiger partial charge < -0.3 is 30.4 Å². The minimum atomic E-state index is -0.697. The van der Waals surface area contributed by atoms with Crippen LogP contribution in [0.15, 0.2) is 54.6 Å². The number of aromatic nitrogens is 1. The third-order valence-corrected chi connectivity index (χ3v) is 7.31. The fourth-order valence-electron chi connectivity index (χ4n) is 4.94. The van der Waals surface area contributed by atoms with Crippen LogP contribution in [0.5, 0.6) is 11.5 Å². The molecule has 1 aliphatic heterocycles. The number of esters is 1. The Labute approximate surface area is 258 Å². The number of carbonyl (C=O) groups excluding carboxylic acids is 2. The molecule has 1 amide bonds. The van der Waals surface area contributed by atoms with Gasteiger partial charge in [-0.3, -0.25) is 4.90 Å². The Morgan fingerprint density at radius 3 is 2.47 bits per heavy atom. The average Bonchev–Trinajstić information content (AvgIpc) is 3.40. The lowest BCUT2D eigenvalue weighted by molar-refractivity contribution is -0.142. The second-order valence-corrected chi connectivity index (χ2v) is 11.7. The molecule has 4 rings (SSSR count). The second kappa shape index (κ2) is 14.5. The summed E-state index contributed by atoms with van der Waals surface area (Å²) in [6.07, 6.45) is 0.806. The summed E-state index contributed by atoms with van der Waals surface area (Å²) in [7, 11) is 2.96. The molecule has 1 aromatic heterocycles. The molecule has 10 nitrogen and oxygen atoms in total. The van der Waals surface area contributed by atoms with Gasteiger partial charge in [0.1, 0.15) is 29.2 Å². The lowest BCUT2D eigenvalue weighted by atomic mass is 10.1. The van der Waals surface area contributed by atoms with Crippen molar-refractivity contribution < 1.29 is 28.5 Å². The van der Waals surface area contributed by atoms with Crippen LogP contribution in [0, 0.1) is 0 Å². The van der Waals surface area contributed by atoms with E-state index in [9.17, 15) is 9.59 Å². The van der Waals surface area contributed by atoms with Crippen LogP contribution in [0.4, 0.5) is 4.79 Å². The number of amides is 1. The number of pyridine rings is 1. The van der Waals surface area contributed by atoms with Crippen LogP contribution in [0.2, 0.25) is 0 Å². The number of nitrogens with one attached hydrogen (secondary N) is 1. The highest BCUT2D eigenvalue weighted by molar-refractivity contribution is 7.80. The maximum atomic E-state index is 13.3. The molecule has 2 aromatic carbocycles. The Morgan fingerprint density at radius 1 is 1.12 bits per heavy atom. The van der Waals surface area contributed by atoms with Crippen LogP contribution in [0.3, 0.4) is 0 Å². The van der Waals surface area contributed by atoms with Gasteiger partial charge in [-0.05, 0) is 39.3 Å². The van der Waals surface area contributed by atoms with Crippen LogP contribution in [0.1, 0.15) is 47.0 Å². The molecule has 0 saturated carbocycles. The van der Waals surface area contributed by atoms with E-state index < -0.39 is 35.9 Å². The maximum absolute atomic E-state index is 13.3. The normalized spacial score (nSPS) is 17.0. The first-order chi connectivity index (χ1) is 20.0. The summed E-state index contributed by atoms with van der Waals surface area (Å²) in [6.45, 7) is 7.68. The first-order valence-corrected chi connectivity index (χ1v) is 14.5. The predicted molar refractivity (Wildman–Crippen MR) is 171 cm³/mol. The number of ether oxygens (including phenoxy) is 4. The molecular formula is C32H42N4O6S. The molecule has 1 fully saturated rings. The monoisotopic (exact) mass is 610 g/mol. The summed E-state index contributed by atoms with van der Waals surface area (Å²) >= 11 is 5.77. The van der Waals surface area contributed by atoms with Gasteiger partial charge >= 0.3 is 12.1 Å². The molecule has 43 heavy (non-hydrogen) atoms. The summed E-state index contributed by atoms with van der Waals surface area (Å²) in [5.41, 5.74) is 1.73. The predicted octanol–water partition coefficient (Wildman–Crippen LogP) is 6.09. The molecule has 3 unspecified atom stereocenters. The Balaban J connectivity index is 0.00000506. The van der Waals surface area contributed by atoms with Crippen molar-refractivity contribution in [2.45, 2.75) is 70.7 Å². The third-order valence-electron chi connectivity index (χ3n) is 6.92. The van der Waals surface area contributed by atoms with Gasteiger partial charge in [0.05, 0.1) is 43.0 Å². The van der Waals surface area contributed by atoms with E-state index in [-0.39, 0.29) is 12.7 Å². The van der Waals surface area contributed by atoms with Crippen molar-refractivity contribution in [2.24, 2.45) is 0 Å².